The maximum Gasteiger partial charge on any atom is 0.256 e. The number of aromatic nitrogens is 3. The lowest BCUT2D eigenvalue weighted by atomic mass is 9.88. The van der Waals surface area contributed by atoms with E-state index in [0.29, 0.717) is 55.8 Å². The second-order valence-electron chi connectivity index (χ2n) is 8.43. The summed E-state index contributed by atoms with van der Waals surface area (Å²) >= 11 is 0. The number of halogens is 1. The molecule has 1 amide bonds. The third-order valence-electron chi connectivity index (χ3n) is 6.45. The molecule has 1 aromatic carbocycles. The number of aryl methyl sites for hydroxylation is 1. The molecule has 2 aromatic heterocycles. The standard InChI is InChI=1S/C25H28FN5O2/c1-3-20-22(17-6-8-21(27)28-14-17)23(30-15-29-20)16-5-7-18(19(26)13-16)24(32)31-11-9-25(33,4-2)10-12-31/h5-8,13-15,33H,3-4,9-12H2,1-2H3,(H2,27,28). The maximum absolute atomic E-state index is 15.2. The number of aliphatic hydroxyl groups is 1. The van der Waals surface area contributed by atoms with Gasteiger partial charge in [-0.15, -0.1) is 0 Å². The first-order chi connectivity index (χ1) is 15.8. The Balaban J connectivity index is 1.66. The molecular formula is C25H28FN5O2. The number of hydrogen-bond acceptors (Lipinski definition) is 6. The van der Waals surface area contributed by atoms with Crippen molar-refractivity contribution in [3.8, 4) is 22.4 Å². The topological polar surface area (TPSA) is 105 Å². The minimum atomic E-state index is -0.740. The quantitative estimate of drug-likeness (QED) is 0.613. The van der Waals surface area contributed by atoms with Crippen LogP contribution in [0, 0.1) is 5.82 Å². The molecule has 0 radical (unpaired) electrons. The van der Waals surface area contributed by atoms with Crippen LogP contribution in [0.1, 0.15) is 49.2 Å². The van der Waals surface area contributed by atoms with Gasteiger partial charge in [0.25, 0.3) is 5.91 Å². The van der Waals surface area contributed by atoms with Crippen LogP contribution in [0.2, 0.25) is 0 Å². The predicted octanol–water partition coefficient (Wildman–Crippen LogP) is 3.87. The lowest BCUT2D eigenvalue weighted by Gasteiger charge is -2.37. The van der Waals surface area contributed by atoms with Gasteiger partial charge in [-0.25, -0.2) is 19.3 Å². The number of anilines is 1. The molecule has 0 spiro atoms. The summed E-state index contributed by atoms with van der Waals surface area (Å²) in [5.74, 6) is -0.567. The van der Waals surface area contributed by atoms with Crippen LogP contribution in [0.4, 0.5) is 10.2 Å². The first kappa shape index (κ1) is 22.8. The normalized spacial score (nSPS) is 15.5. The smallest absolute Gasteiger partial charge is 0.256 e. The van der Waals surface area contributed by atoms with Gasteiger partial charge in [0.15, 0.2) is 0 Å². The third kappa shape index (κ3) is 4.57. The summed E-state index contributed by atoms with van der Waals surface area (Å²) in [6, 6.07) is 8.10. The zero-order chi connectivity index (χ0) is 23.6. The number of amides is 1. The van der Waals surface area contributed by atoms with E-state index in [-0.39, 0.29) is 11.5 Å². The molecule has 1 fully saturated rings. The van der Waals surface area contributed by atoms with Gasteiger partial charge in [0, 0.05) is 36.0 Å². The van der Waals surface area contributed by atoms with Gasteiger partial charge in [0.05, 0.1) is 22.6 Å². The fraction of sp³-hybridized carbons (Fsp3) is 0.360. The largest absolute Gasteiger partial charge is 0.390 e. The molecule has 33 heavy (non-hydrogen) atoms. The Morgan fingerprint density at radius 3 is 2.45 bits per heavy atom. The number of likely N-dealkylation sites (tertiary alicyclic amines) is 1. The SMILES string of the molecule is CCc1ncnc(-c2ccc(C(=O)N3CCC(O)(CC)CC3)c(F)c2)c1-c1ccc(N)nc1. The number of pyridine rings is 1. The molecule has 3 N–H and O–H groups in total. The number of rotatable bonds is 5. The number of nitrogens with zero attached hydrogens (tertiary/aromatic N) is 4. The summed E-state index contributed by atoms with van der Waals surface area (Å²) < 4.78 is 15.2. The van der Waals surface area contributed by atoms with Crippen LogP contribution in [0.25, 0.3) is 22.4 Å². The van der Waals surface area contributed by atoms with E-state index in [9.17, 15) is 9.90 Å². The summed E-state index contributed by atoms with van der Waals surface area (Å²) in [5.41, 5.74) is 8.48. The van der Waals surface area contributed by atoms with E-state index in [1.54, 1.807) is 23.2 Å². The van der Waals surface area contributed by atoms with Gasteiger partial charge < -0.3 is 15.7 Å². The number of piperidine rings is 1. The zero-order valence-corrected chi connectivity index (χ0v) is 18.9. The van der Waals surface area contributed by atoms with Crippen molar-refractivity contribution in [2.75, 3.05) is 18.8 Å². The van der Waals surface area contributed by atoms with E-state index in [1.807, 2.05) is 19.9 Å². The highest BCUT2D eigenvalue weighted by Gasteiger charge is 2.33. The predicted molar refractivity (Wildman–Crippen MR) is 125 cm³/mol. The number of hydrogen-bond donors (Lipinski definition) is 2. The third-order valence-corrected chi connectivity index (χ3v) is 6.45. The van der Waals surface area contributed by atoms with E-state index in [2.05, 4.69) is 15.0 Å². The van der Waals surface area contributed by atoms with Crippen molar-refractivity contribution in [1.29, 1.82) is 0 Å². The van der Waals surface area contributed by atoms with Gasteiger partial charge in [0.1, 0.15) is 18.0 Å². The van der Waals surface area contributed by atoms with Crippen LogP contribution in [-0.4, -0.2) is 49.6 Å². The molecule has 1 saturated heterocycles. The van der Waals surface area contributed by atoms with E-state index < -0.39 is 11.4 Å². The van der Waals surface area contributed by atoms with Crippen LogP contribution in [0.15, 0.2) is 42.9 Å². The van der Waals surface area contributed by atoms with E-state index in [1.165, 1.54) is 18.5 Å². The number of nitrogen functional groups attached to an aromatic ring is 1. The highest BCUT2D eigenvalue weighted by Crippen LogP contribution is 2.34. The van der Waals surface area contributed by atoms with Crippen LogP contribution < -0.4 is 5.73 Å². The Morgan fingerprint density at radius 1 is 1.12 bits per heavy atom. The Hall–Kier alpha value is -3.39. The minimum Gasteiger partial charge on any atom is -0.390 e. The van der Waals surface area contributed by atoms with E-state index in [4.69, 9.17) is 5.73 Å². The highest BCUT2D eigenvalue weighted by atomic mass is 19.1. The lowest BCUT2D eigenvalue weighted by Crippen LogP contribution is -2.46. The molecule has 0 unspecified atom stereocenters. The van der Waals surface area contributed by atoms with Crippen LogP contribution in [0.3, 0.4) is 0 Å². The maximum atomic E-state index is 15.2. The Labute approximate surface area is 192 Å². The second kappa shape index (κ2) is 9.23. The van der Waals surface area contributed by atoms with Crippen molar-refractivity contribution in [2.24, 2.45) is 0 Å². The van der Waals surface area contributed by atoms with Crippen molar-refractivity contribution in [1.82, 2.24) is 19.9 Å². The number of carbonyl (C=O) groups excluding carboxylic acids is 1. The monoisotopic (exact) mass is 449 g/mol. The molecule has 0 saturated carbocycles. The average molecular weight is 450 g/mol. The highest BCUT2D eigenvalue weighted by molar-refractivity contribution is 5.95. The van der Waals surface area contributed by atoms with Gasteiger partial charge in [-0.3, -0.25) is 4.79 Å². The zero-order valence-electron chi connectivity index (χ0n) is 18.9. The lowest BCUT2D eigenvalue weighted by molar-refractivity contribution is -0.0194. The molecule has 0 atom stereocenters. The second-order valence-corrected chi connectivity index (χ2v) is 8.43. The van der Waals surface area contributed by atoms with Crippen molar-refractivity contribution in [3.63, 3.8) is 0 Å². The van der Waals surface area contributed by atoms with Crippen molar-refractivity contribution < 1.29 is 14.3 Å². The molecule has 7 nitrogen and oxygen atoms in total. The van der Waals surface area contributed by atoms with Crippen LogP contribution >= 0.6 is 0 Å². The molecule has 8 heteroatoms. The van der Waals surface area contributed by atoms with Gasteiger partial charge in [-0.05, 0) is 49.9 Å². The van der Waals surface area contributed by atoms with Gasteiger partial charge >= 0.3 is 0 Å². The Bertz CT molecular complexity index is 1160. The summed E-state index contributed by atoms with van der Waals surface area (Å²) in [6.45, 7) is 4.73. The summed E-state index contributed by atoms with van der Waals surface area (Å²) in [7, 11) is 0. The molecule has 172 valence electrons. The molecule has 0 bridgehead atoms. The van der Waals surface area contributed by atoms with Gasteiger partial charge in [0.2, 0.25) is 0 Å². The first-order valence-corrected chi connectivity index (χ1v) is 11.2. The number of benzene rings is 1. The fourth-order valence-corrected chi connectivity index (χ4v) is 4.25. The molecular weight excluding hydrogens is 421 g/mol. The van der Waals surface area contributed by atoms with Crippen molar-refractivity contribution >= 4 is 11.7 Å². The summed E-state index contributed by atoms with van der Waals surface area (Å²) in [6.07, 6.45) is 5.40. The molecule has 1 aliphatic heterocycles. The summed E-state index contributed by atoms with van der Waals surface area (Å²) in [5, 5.41) is 10.4. The first-order valence-electron chi connectivity index (χ1n) is 11.2. The van der Waals surface area contributed by atoms with Crippen LogP contribution in [-0.2, 0) is 6.42 Å². The molecule has 3 heterocycles. The number of nitrogens with two attached hydrogens (primary N) is 1. The fourth-order valence-electron chi connectivity index (χ4n) is 4.25. The average Bonchev–Trinajstić information content (AvgIpc) is 2.84. The van der Waals surface area contributed by atoms with E-state index in [0.717, 1.165) is 16.8 Å². The molecule has 1 aliphatic rings. The molecule has 0 aliphatic carbocycles. The summed E-state index contributed by atoms with van der Waals surface area (Å²) in [4.78, 5) is 27.5. The molecule has 4 rings (SSSR count). The minimum absolute atomic E-state index is 0.0150. The van der Waals surface area contributed by atoms with E-state index >= 15 is 4.39 Å². The number of carbonyl (C=O) groups is 1. The molecule has 3 aromatic rings. The van der Waals surface area contributed by atoms with Gasteiger partial charge in [-0.1, -0.05) is 19.9 Å². The Kier molecular flexibility index (Phi) is 6.37. The van der Waals surface area contributed by atoms with Crippen molar-refractivity contribution in [3.05, 3.63) is 59.9 Å². The van der Waals surface area contributed by atoms with Crippen LogP contribution in [0.5, 0.6) is 0 Å². The van der Waals surface area contributed by atoms with Crippen molar-refractivity contribution in [2.45, 2.75) is 45.1 Å². The van der Waals surface area contributed by atoms with Gasteiger partial charge in [-0.2, -0.15) is 0 Å². The Morgan fingerprint density at radius 2 is 1.85 bits per heavy atom.